The monoisotopic (exact) mass is 322 g/mol. The maximum Gasteiger partial charge on any atom is 0.225 e. The highest BCUT2D eigenvalue weighted by Crippen LogP contribution is 2.34. The molecule has 1 aromatic carbocycles. The molecule has 1 saturated carbocycles. The van der Waals surface area contributed by atoms with E-state index in [1.807, 2.05) is 35.2 Å². The summed E-state index contributed by atoms with van der Waals surface area (Å²) in [6, 6.07) is 9.65. The molecule has 0 aromatic heterocycles. The van der Waals surface area contributed by atoms with Gasteiger partial charge in [-0.15, -0.1) is 0 Å². The number of nitrogens with one attached hydrogen (secondary N) is 1. The van der Waals surface area contributed by atoms with Crippen molar-refractivity contribution in [1.29, 1.82) is 0 Å². The first-order valence-corrected chi connectivity index (χ1v) is 9.65. The molecule has 2 atom stereocenters. The van der Waals surface area contributed by atoms with Crippen molar-refractivity contribution in [3.63, 3.8) is 0 Å². The fourth-order valence-electron chi connectivity index (χ4n) is 3.21. The Kier molecular flexibility index (Phi) is 4.23. The Morgan fingerprint density at radius 1 is 1.23 bits per heavy atom. The van der Waals surface area contributed by atoms with E-state index in [1.165, 1.54) is 6.26 Å². The van der Waals surface area contributed by atoms with Gasteiger partial charge in [-0.05, 0) is 31.2 Å². The summed E-state index contributed by atoms with van der Waals surface area (Å²) >= 11 is 0. The highest BCUT2D eigenvalue weighted by atomic mass is 32.2. The first-order chi connectivity index (χ1) is 10.4. The number of likely N-dealkylation sites (tertiary alicyclic amines) is 1. The smallest absolute Gasteiger partial charge is 0.225 e. The Hall–Kier alpha value is -1.40. The highest BCUT2D eigenvalue weighted by molar-refractivity contribution is 7.88. The van der Waals surface area contributed by atoms with E-state index in [-0.39, 0.29) is 23.9 Å². The van der Waals surface area contributed by atoms with Crippen molar-refractivity contribution in [2.24, 2.45) is 5.92 Å². The van der Waals surface area contributed by atoms with Gasteiger partial charge in [-0.1, -0.05) is 30.3 Å². The largest absolute Gasteiger partial charge is 0.337 e. The van der Waals surface area contributed by atoms with Crippen molar-refractivity contribution in [1.82, 2.24) is 9.62 Å². The van der Waals surface area contributed by atoms with Crippen LogP contribution in [0.1, 0.15) is 24.8 Å². The first-order valence-electron chi connectivity index (χ1n) is 7.76. The molecule has 1 aliphatic carbocycles. The van der Waals surface area contributed by atoms with E-state index in [2.05, 4.69) is 4.72 Å². The van der Waals surface area contributed by atoms with Gasteiger partial charge < -0.3 is 4.90 Å². The molecule has 1 saturated heterocycles. The Balaban J connectivity index is 1.80. The Morgan fingerprint density at radius 3 is 2.50 bits per heavy atom. The zero-order valence-corrected chi connectivity index (χ0v) is 13.6. The molecule has 22 heavy (non-hydrogen) atoms. The second kappa shape index (κ2) is 6.01. The van der Waals surface area contributed by atoms with E-state index in [4.69, 9.17) is 0 Å². The molecular formula is C16H22N2O3S. The minimum Gasteiger partial charge on any atom is -0.337 e. The predicted molar refractivity (Wildman–Crippen MR) is 84.8 cm³/mol. The summed E-state index contributed by atoms with van der Waals surface area (Å²) in [7, 11) is -3.27. The van der Waals surface area contributed by atoms with Crippen LogP contribution in [0.2, 0.25) is 0 Å². The second-order valence-electron chi connectivity index (χ2n) is 6.35. The van der Waals surface area contributed by atoms with Gasteiger partial charge in [0.05, 0.1) is 12.3 Å². The number of carbonyl (C=O) groups excluding carboxylic acids is 1. The van der Waals surface area contributed by atoms with Crippen molar-refractivity contribution >= 4 is 15.9 Å². The minimum atomic E-state index is -3.27. The molecule has 3 rings (SSSR count). The minimum absolute atomic E-state index is 0.0924. The molecule has 1 heterocycles. The van der Waals surface area contributed by atoms with Crippen LogP contribution < -0.4 is 4.72 Å². The fraction of sp³-hybridized carbons (Fsp3) is 0.562. The van der Waals surface area contributed by atoms with Gasteiger partial charge in [-0.2, -0.15) is 0 Å². The topological polar surface area (TPSA) is 66.5 Å². The molecule has 0 radical (unpaired) electrons. The Bertz CT molecular complexity index is 641. The molecule has 1 amide bonds. The van der Waals surface area contributed by atoms with E-state index in [9.17, 15) is 13.2 Å². The standard InChI is InChI=1S/C16H22N2O3S/c1-22(20,21)17-14-9-10-18(16(19)13-7-8-13)15(14)11-12-5-3-2-4-6-12/h2-6,13-15,17H,7-11H2,1H3/t14?,15-/m0/s1. The third-order valence-electron chi connectivity index (χ3n) is 4.41. The third kappa shape index (κ3) is 3.67. The van der Waals surface area contributed by atoms with Gasteiger partial charge in [0, 0.05) is 18.5 Å². The lowest BCUT2D eigenvalue weighted by Crippen LogP contribution is -2.48. The van der Waals surface area contributed by atoms with Crippen LogP contribution in [0.15, 0.2) is 30.3 Å². The summed E-state index contributed by atoms with van der Waals surface area (Å²) < 4.78 is 25.9. The highest BCUT2D eigenvalue weighted by Gasteiger charge is 2.43. The average Bonchev–Trinajstić information content (AvgIpc) is 3.24. The number of sulfonamides is 1. The molecule has 6 heteroatoms. The van der Waals surface area contributed by atoms with Crippen LogP contribution in [0.5, 0.6) is 0 Å². The first kappa shape index (κ1) is 15.5. The quantitative estimate of drug-likeness (QED) is 0.884. The van der Waals surface area contributed by atoms with Gasteiger partial charge in [-0.25, -0.2) is 13.1 Å². The van der Waals surface area contributed by atoms with Crippen molar-refractivity contribution in [3.8, 4) is 0 Å². The third-order valence-corrected chi connectivity index (χ3v) is 5.14. The zero-order valence-electron chi connectivity index (χ0n) is 12.7. The number of rotatable bonds is 5. The van der Waals surface area contributed by atoms with Crippen molar-refractivity contribution in [2.75, 3.05) is 12.8 Å². The van der Waals surface area contributed by atoms with E-state index in [0.29, 0.717) is 19.4 Å². The van der Waals surface area contributed by atoms with Crippen LogP contribution in [0.3, 0.4) is 0 Å². The van der Waals surface area contributed by atoms with Gasteiger partial charge >= 0.3 is 0 Å². The predicted octanol–water partition coefficient (Wildman–Crippen LogP) is 1.16. The van der Waals surface area contributed by atoms with Gasteiger partial charge in [0.15, 0.2) is 0 Å². The number of carbonyl (C=O) groups is 1. The van der Waals surface area contributed by atoms with E-state index < -0.39 is 10.0 Å². The van der Waals surface area contributed by atoms with Gasteiger partial charge in [-0.3, -0.25) is 4.79 Å². The normalized spacial score (nSPS) is 25.4. The summed E-state index contributed by atoms with van der Waals surface area (Å²) in [5, 5.41) is 0. The molecule has 0 spiro atoms. The average molecular weight is 322 g/mol. The molecule has 1 unspecified atom stereocenters. The van der Waals surface area contributed by atoms with Gasteiger partial charge in [0.2, 0.25) is 15.9 Å². The van der Waals surface area contributed by atoms with E-state index in [1.54, 1.807) is 0 Å². The van der Waals surface area contributed by atoms with Crippen LogP contribution in [0, 0.1) is 5.92 Å². The van der Waals surface area contributed by atoms with E-state index >= 15 is 0 Å². The van der Waals surface area contributed by atoms with Crippen molar-refractivity contribution < 1.29 is 13.2 Å². The SMILES string of the molecule is CS(=O)(=O)NC1CCN(C(=O)C2CC2)[C@H]1Cc1ccccc1. The Labute approximate surface area is 131 Å². The molecule has 2 aliphatic rings. The molecule has 5 nitrogen and oxygen atoms in total. The van der Waals surface area contributed by atoms with Crippen LogP contribution in [0.25, 0.3) is 0 Å². The molecular weight excluding hydrogens is 300 g/mol. The number of amides is 1. The van der Waals surface area contributed by atoms with Crippen LogP contribution >= 0.6 is 0 Å². The van der Waals surface area contributed by atoms with Crippen LogP contribution in [-0.2, 0) is 21.2 Å². The lowest BCUT2D eigenvalue weighted by Gasteiger charge is -2.28. The fourth-order valence-corrected chi connectivity index (χ4v) is 4.04. The summed E-state index contributed by atoms with van der Waals surface area (Å²) in [4.78, 5) is 14.4. The maximum absolute atomic E-state index is 12.5. The van der Waals surface area contributed by atoms with Crippen LogP contribution in [0.4, 0.5) is 0 Å². The number of benzene rings is 1. The number of nitrogens with zero attached hydrogens (tertiary/aromatic N) is 1. The summed E-state index contributed by atoms with van der Waals surface area (Å²) in [5.74, 6) is 0.356. The number of hydrogen-bond acceptors (Lipinski definition) is 3. The van der Waals surface area contributed by atoms with Crippen molar-refractivity contribution in [2.45, 2.75) is 37.8 Å². The zero-order chi connectivity index (χ0) is 15.7. The van der Waals surface area contributed by atoms with E-state index in [0.717, 1.165) is 18.4 Å². The molecule has 1 aromatic rings. The van der Waals surface area contributed by atoms with Crippen LogP contribution in [-0.4, -0.2) is 44.1 Å². The number of hydrogen-bond donors (Lipinski definition) is 1. The van der Waals surface area contributed by atoms with Crippen molar-refractivity contribution in [3.05, 3.63) is 35.9 Å². The molecule has 120 valence electrons. The van der Waals surface area contributed by atoms with Gasteiger partial charge in [0.1, 0.15) is 0 Å². The lowest BCUT2D eigenvalue weighted by molar-refractivity contribution is -0.133. The molecule has 1 aliphatic heterocycles. The summed E-state index contributed by atoms with van der Waals surface area (Å²) in [6.45, 7) is 0.639. The lowest BCUT2D eigenvalue weighted by atomic mass is 10.0. The molecule has 2 fully saturated rings. The summed E-state index contributed by atoms with van der Waals surface area (Å²) in [5.41, 5.74) is 1.13. The summed E-state index contributed by atoms with van der Waals surface area (Å²) in [6.07, 6.45) is 4.49. The maximum atomic E-state index is 12.5. The Morgan fingerprint density at radius 2 is 1.91 bits per heavy atom. The molecule has 1 N–H and O–H groups in total. The second-order valence-corrected chi connectivity index (χ2v) is 8.13. The molecule has 0 bridgehead atoms. The van der Waals surface area contributed by atoms with Gasteiger partial charge in [0.25, 0.3) is 0 Å².